The van der Waals surface area contributed by atoms with E-state index in [0.29, 0.717) is 22.9 Å². The summed E-state index contributed by atoms with van der Waals surface area (Å²) in [5.41, 5.74) is -2.16. The summed E-state index contributed by atoms with van der Waals surface area (Å²) < 4.78 is 40.3. The van der Waals surface area contributed by atoms with E-state index in [0.717, 1.165) is 0 Å². The van der Waals surface area contributed by atoms with E-state index in [9.17, 15) is 18.3 Å². The Morgan fingerprint density at radius 1 is 1.29 bits per heavy atom. The molecule has 114 valence electrons. The fraction of sp³-hybridized carbons (Fsp3) is 0.429. The second-order valence-corrected chi connectivity index (χ2v) is 6.31. The number of H-pyrrole nitrogens is 1. The molecule has 7 heteroatoms. The molecule has 0 radical (unpaired) electrons. The number of aryl methyl sites for hydroxylation is 1. The minimum Gasteiger partial charge on any atom is -0.375 e. The summed E-state index contributed by atoms with van der Waals surface area (Å²) in [6.07, 6.45) is -4.06. The topological polar surface area (TPSA) is 36.0 Å². The van der Waals surface area contributed by atoms with Gasteiger partial charge in [-0.15, -0.1) is 0 Å². The molecule has 1 heterocycles. The number of alkyl halides is 3. The Hall–Kier alpha value is -0.910. The van der Waals surface area contributed by atoms with Gasteiger partial charge in [0.25, 0.3) is 0 Å². The second kappa shape index (κ2) is 4.54. The van der Waals surface area contributed by atoms with Crippen molar-refractivity contribution in [2.24, 2.45) is 5.92 Å². The van der Waals surface area contributed by atoms with Crippen LogP contribution >= 0.6 is 23.2 Å². The van der Waals surface area contributed by atoms with Crippen molar-refractivity contribution in [3.63, 3.8) is 0 Å². The number of hydrogen-bond acceptors (Lipinski definition) is 1. The average Bonchev–Trinajstić information content (AvgIpc) is 2.72. The van der Waals surface area contributed by atoms with Crippen molar-refractivity contribution < 1.29 is 18.3 Å². The molecule has 1 aromatic heterocycles. The van der Waals surface area contributed by atoms with Gasteiger partial charge in [-0.2, -0.15) is 13.2 Å². The highest BCUT2D eigenvalue weighted by Gasteiger charge is 2.61. The van der Waals surface area contributed by atoms with Gasteiger partial charge in [0, 0.05) is 10.9 Å². The molecule has 0 fully saturated rings. The predicted octanol–water partition coefficient (Wildman–Crippen LogP) is 4.81. The summed E-state index contributed by atoms with van der Waals surface area (Å²) in [7, 11) is 0. The Morgan fingerprint density at radius 2 is 1.90 bits per heavy atom. The number of aromatic amines is 1. The van der Waals surface area contributed by atoms with E-state index >= 15 is 0 Å². The van der Waals surface area contributed by atoms with E-state index in [1.807, 2.05) is 0 Å². The summed E-state index contributed by atoms with van der Waals surface area (Å²) >= 11 is 11.9. The number of hydrogen-bond donors (Lipinski definition) is 2. The Kier molecular flexibility index (Phi) is 3.24. The molecule has 1 aromatic carbocycles. The van der Waals surface area contributed by atoms with Gasteiger partial charge in [-0.1, -0.05) is 30.1 Å². The molecule has 0 bridgehead atoms. The highest BCUT2D eigenvalue weighted by atomic mass is 35.5. The molecule has 21 heavy (non-hydrogen) atoms. The lowest BCUT2D eigenvalue weighted by Gasteiger charge is -2.39. The second-order valence-electron chi connectivity index (χ2n) is 5.49. The van der Waals surface area contributed by atoms with Gasteiger partial charge in [-0.05, 0) is 36.5 Å². The van der Waals surface area contributed by atoms with Crippen molar-refractivity contribution >= 4 is 34.1 Å². The predicted molar refractivity (Wildman–Crippen MR) is 75.8 cm³/mol. The SMILES string of the molecule is CC1CCc2c([nH]c3cc(Cl)c(Cl)cc23)C1(O)C(F)(F)F. The van der Waals surface area contributed by atoms with Crippen LogP contribution < -0.4 is 0 Å². The van der Waals surface area contributed by atoms with E-state index in [1.165, 1.54) is 13.0 Å². The van der Waals surface area contributed by atoms with Crippen LogP contribution in [0.15, 0.2) is 12.1 Å². The Labute approximate surface area is 128 Å². The first-order chi connectivity index (χ1) is 9.66. The first kappa shape index (κ1) is 15.0. The van der Waals surface area contributed by atoms with E-state index < -0.39 is 17.7 Å². The maximum atomic E-state index is 13.4. The molecular weight excluding hydrogens is 326 g/mol. The summed E-state index contributed by atoms with van der Waals surface area (Å²) in [5, 5.41) is 11.5. The molecular formula is C14H12Cl2F3NO. The summed E-state index contributed by atoms with van der Waals surface area (Å²) in [4.78, 5) is 2.70. The lowest BCUT2D eigenvalue weighted by molar-refractivity contribution is -0.289. The minimum absolute atomic E-state index is 0.193. The largest absolute Gasteiger partial charge is 0.423 e. The Bertz CT molecular complexity index is 725. The van der Waals surface area contributed by atoms with Crippen molar-refractivity contribution in [1.82, 2.24) is 4.98 Å². The number of aliphatic hydroxyl groups is 1. The normalized spacial score (nSPS) is 26.1. The van der Waals surface area contributed by atoms with Crippen LogP contribution in [-0.2, 0) is 12.0 Å². The van der Waals surface area contributed by atoms with Gasteiger partial charge in [0.1, 0.15) is 0 Å². The standard InChI is InChI=1S/C14H12Cl2F3NO/c1-6-2-3-7-8-4-9(15)10(16)5-11(8)20-12(7)13(6,21)14(17,18)19/h4-6,20-21H,2-3H2,1H3. The molecule has 2 N–H and O–H groups in total. The van der Waals surface area contributed by atoms with Crippen LogP contribution in [0.25, 0.3) is 10.9 Å². The van der Waals surface area contributed by atoms with Gasteiger partial charge < -0.3 is 10.1 Å². The van der Waals surface area contributed by atoms with Crippen LogP contribution in [0.4, 0.5) is 13.2 Å². The van der Waals surface area contributed by atoms with Crippen LogP contribution in [0.5, 0.6) is 0 Å². The van der Waals surface area contributed by atoms with Crippen LogP contribution in [0.3, 0.4) is 0 Å². The fourth-order valence-electron chi connectivity index (χ4n) is 3.07. The van der Waals surface area contributed by atoms with Crippen molar-refractivity contribution in [1.29, 1.82) is 0 Å². The molecule has 2 nitrogen and oxygen atoms in total. The first-order valence-electron chi connectivity index (χ1n) is 6.45. The minimum atomic E-state index is -4.75. The van der Waals surface area contributed by atoms with E-state index in [4.69, 9.17) is 23.2 Å². The van der Waals surface area contributed by atoms with E-state index in [-0.39, 0.29) is 22.2 Å². The van der Waals surface area contributed by atoms with E-state index in [2.05, 4.69) is 4.98 Å². The molecule has 0 spiro atoms. The number of fused-ring (bicyclic) bond motifs is 3. The molecule has 0 aliphatic heterocycles. The molecule has 0 saturated heterocycles. The third kappa shape index (κ3) is 1.98. The van der Waals surface area contributed by atoms with Crippen LogP contribution in [0.1, 0.15) is 24.6 Å². The fourth-order valence-corrected chi connectivity index (χ4v) is 3.39. The lowest BCUT2D eigenvalue weighted by atomic mass is 9.75. The van der Waals surface area contributed by atoms with Gasteiger partial charge in [0.2, 0.25) is 5.60 Å². The van der Waals surface area contributed by atoms with Gasteiger partial charge in [0.05, 0.1) is 15.7 Å². The molecule has 2 unspecified atom stereocenters. The monoisotopic (exact) mass is 337 g/mol. The van der Waals surface area contributed by atoms with Gasteiger partial charge in [-0.25, -0.2) is 0 Å². The highest BCUT2D eigenvalue weighted by Crippen LogP contribution is 2.51. The Morgan fingerprint density at radius 3 is 2.52 bits per heavy atom. The maximum absolute atomic E-state index is 13.4. The van der Waals surface area contributed by atoms with Crippen LogP contribution in [-0.4, -0.2) is 16.3 Å². The number of halogens is 5. The van der Waals surface area contributed by atoms with Gasteiger partial charge in [0.15, 0.2) is 0 Å². The van der Waals surface area contributed by atoms with Crippen LogP contribution in [0.2, 0.25) is 10.0 Å². The lowest BCUT2D eigenvalue weighted by Crippen LogP contribution is -2.50. The van der Waals surface area contributed by atoms with Crippen molar-refractivity contribution in [2.75, 3.05) is 0 Å². The highest BCUT2D eigenvalue weighted by molar-refractivity contribution is 6.42. The van der Waals surface area contributed by atoms with Gasteiger partial charge in [-0.3, -0.25) is 0 Å². The smallest absolute Gasteiger partial charge is 0.375 e. The quantitative estimate of drug-likeness (QED) is 0.711. The molecule has 1 aliphatic carbocycles. The molecule has 0 amide bonds. The van der Waals surface area contributed by atoms with Crippen molar-refractivity contribution in [3.8, 4) is 0 Å². The zero-order chi connectivity index (χ0) is 15.6. The summed E-state index contributed by atoms with van der Waals surface area (Å²) in [5.74, 6) is -0.927. The first-order valence-corrected chi connectivity index (χ1v) is 7.21. The molecule has 2 atom stereocenters. The summed E-state index contributed by atoms with van der Waals surface area (Å²) in [6, 6.07) is 3.03. The zero-order valence-electron chi connectivity index (χ0n) is 11.0. The van der Waals surface area contributed by atoms with Gasteiger partial charge >= 0.3 is 6.18 Å². The maximum Gasteiger partial charge on any atom is 0.423 e. The van der Waals surface area contributed by atoms with Crippen molar-refractivity contribution in [2.45, 2.75) is 31.5 Å². The zero-order valence-corrected chi connectivity index (χ0v) is 12.5. The average molecular weight is 338 g/mol. The molecule has 2 aromatic rings. The molecule has 0 saturated carbocycles. The number of nitrogens with one attached hydrogen (secondary N) is 1. The van der Waals surface area contributed by atoms with E-state index in [1.54, 1.807) is 6.07 Å². The number of aromatic nitrogens is 1. The van der Waals surface area contributed by atoms with Crippen molar-refractivity contribution in [3.05, 3.63) is 33.4 Å². The third-order valence-electron chi connectivity index (χ3n) is 4.30. The summed E-state index contributed by atoms with van der Waals surface area (Å²) in [6.45, 7) is 1.40. The number of benzene rings is 1. The number of rotatable bonds is 0. The van der Waals surface area contributed by atoms with Crippen LogP contribution in [0, 0.1) is 5.92 Å². The third-order valence-corrected chi connectivity index (χ3v) is 5.02. The Balaban J connectivity index is 2.33. The molecule has 1 aliphatic rings. The molecule has 3 rings (SSSR count).